The monoisotopic (exact) mass is 330 g/mol. The summed E-state index contributed by atoms with van der Waals surface area (Å²) in [5, 5.41) is 9.22. The van der Waals surface area contributed by atoms with Crippen LogP contribution in [0.4, 0.5) is 0 Å². The number of nitrogens with two attached hydrogens (primary N) is 1. The first-order chi connectivity index (χ1) is 8.99. The average molecular weight is 332 g/mol. The zero-order valence-electron chi connectivity index (χ0n) is 9.58. The zero-order chi connectivity index (χ0) is 14.0. The smallest absolute Gasteiger partial charge is 0.125 e. The first kappa shape index (κ1) is 14.5. The lowest BCUT2D eigenvalue weighted by atomic mass is 10.2. The molecule has 98 valence electrons. The van der Waals surface area contributed by atoms with Crippen molar-refractivity contribution in [1.82, 2.24) is 0 Å². The van der Waals surface area contributed by atoms with Crippen LogP contribution in [0, 0.1) is 5.41 Å². The van der Waals surface area contributed by atoms with E-state index in [0.29, 0.717) is 20.6 Å². The third-order valence-electron chi connectivity index (χ3n) is 2.36. The highest BCUT2D eigenvalue weighted by Gasteiger charge is 2.12. The number of amidine groups is 1. The fourth-order valence-electron chi connectivity index (χ4n) is 1.52. The molecule has 6 heteroatoms. The number of hydrogen-bond donors (Lipinski definition) is 2. The van der Waals surface area contributed by atoms with Crippen LogP contribution in [0.1, 0.15) is 5.56 Å². The summed E-state index contributed by atoms with van der Waals surface area (Å²) in [5.74, 6) is -0.0775. The normalized spacial score (nSPS) is 10.5. The second kappa shape index (κ2) is 6.06. The van der Waals surface area contributed by atoms with Crippen LogP contribution in [0.15, 0.2) is 46.2 Å². The zero-order valence-corrected chi connectivity index (χ0v) is 12.7. The Kier molecular flexibility index (Phi) is 4.63. The summed E-state index contributed by atoms with van der Waals surface area (Å²) < 4.78 is 0. The lowest BCUT2D eigenvalue weighted by molar-refractivity contribution is 1.33. The van der Waals surface area contributed by atoms with E-state index in [-0.39, 0.29) is 5.84 Å². The molecular weight excluding hydrogens is 323 g/mol. The van der Waals surface area contributed by atoms with Crippen molar-refractivity contribution >= 4 is 52.4 Å². The Morgan fingerprint density at radius 2 is 1.74 bits per heavy atom. The molecule has 19 heavy (non-hydrogen) atoms. The second-order valence-electron chi connectivity index (χ2n) is 3.70. The van der Waals surface area contributed by atoms with E-state index in [9.17, 15) is 0 Å². The number of nitrogens with one attached hydrogen (secondary N) is 1. The molecule has 0 atom stereocenters. The third-order valence-corrected chi connectivity index (χ3v) is 4.47. The molecule has 3 N–H and O–H groups in total. The molecule has 2 aromatic rings. The summed E-state index contributed by atoms with van der Waals surface area (Å²) in [5.41, 5.74) is 6.07. The van der Waals surface area contributed by atoms with Gasteiger partial charge in [0.25, 0.3) is 0 Å². The average Bonchev–Trinajstić information content (AvgIpc) is 2.33. The van der Waals surface area contributed by atoms with E-state index in [2.05, 4.69) is 0 Å². The van der Waals surface area contributed by atoms with E-state index in [0.717, 1.165) is 9.79 Å². The van der Waals surface area contributed by atoms with Gasteiger partial charge in [-0.1, -0.05) is 52.6 Å². The molecule has 0 aliphatic carbocycles. The minimum absolute atomic E-state index is 0.0775. The molecule has 2 aromatic carbocycles. The number of benzene rings is 2. The van der Waals surface area contributed by atoms with Crippen molar-refractivity contribution in [3.8, 4) is 0 Å². The van der Waals surface area contributed by atoms with Gasteiger partial charge in [-0.2, -0.15) is 0 Å². The van der Waals surface area contributed by atoms with Gasteiger partial charge < -0.3 is 5.73 Å². The van der Waals surface area contributed by atoms with Crippen molar-refractivity contribution in [2.24, 2.45) is 5.73 Å². The SMILES string of the molecule is N=C(N)c1c(Cl)cccc1Sc1cc(Cl)ccc1Cl. The second-order valence-corrected chi connectivity index (χ2v) is 6.04. The van der Waals surface area contributed by atoms with Crippen LogP contribution in [0.25, 0.3) is 0 Å². The van der Waals surface area contributed by atoms with Gasteiger partial charge in [0.15, 0.2) is 0 Å². The van der Waals surface area contributed by atoms with Crippen molar-refractivity contribution in [2.75, 3.05) is 0 Å². The lowest BCUT2D eigenvalue weighted by Crippen LogP contribution is -2.12. The largest absolute Gasteiger partial charge is 0.384 e. The van der Waals surface area contributed by atoms with Gasteiger partial charge >= 0.3 is 0 Å². The number of nitrogen functional groups attached to an aromatic ring is 1. The first-order valence-corrected chi connectivity index (χ1v) is 7.20. The summed E-state index contributed by atoms with van der Waals surface area (Å²) in [6.45, 7) is 0. The Bertz CT molecular complexity index is 644. The van der Waals surface area contributed by atoms with Gasteiger partial charge in [0.05, 0.1) is 10.0 Å². The maximum absolute atomic E-state index is 7.60. The van der Waals surface area contributed by atoms with E-state index in [1.54, 1.807) is 30.3 Å². The van der Waals surface area contributed by atoms with Gasteiger partial charge in [-0.25, -0.2) is 0 Å². The summed E-state index contributed by atoms with van der Waals surface area (Å²) in [4.78, 5) is 1.56. The van der Waals surface area contributed by atoms with Crippen LogP contribution in [-0.2, 0) is 0 Å². The predicted octanol–water partition coefficient (Wildman–Crippen LogP) is 5.08. The highest BCUT2D eigenvalue weighted by atomic mass is 35.5. The lowest BCUT2D eigenvalue weighted by Gasteiger charge is -2.10. The maximum atomic E-state index is 7.60. The Labute approximate surface area is 130 Å². The van der Waals surface area contributed by atoms with Crippen LogP contribution in [0.3, 0.4) is 0 Å². The molecule has 2 nitrogen and oxygen atoms in total. The summed E-state index contributed by atoms with van der Waals surface area (Å²) in [7, 11) is 0. The molecule has 0 radical (unpaired) electrons. The molecule has 0 aliphatic heterocycles. The summed E-state index contributed by atoms with van der Waals surface area (Å²) in [6, 6.07) is 10.5. The van der Waals surface area contributed by atoms with Gasteiger partial charge in [-0.15, -0.1) is 0 Å². The number of rotatable bonds is 3. The topological polar surface area (TPSA) is 49.9 Å². The van der Waals surface area contributed by atoms with E-state index in [1.807, 2.05) is 6.07 Å². The van der Waals surface area contributed by atoms with Gasteiger partial charge in [0.1, 0.15) is 5.84 Å². The number of hydrogen-bond acceptors (Lipinski definition) is 2. The fourth-order valence-corrected chi connectivity index (χ4v) is 3.38. The maximum Gasteiger partial charge on any atom is 0.125 e. The highest BCUT2D eigenvalue weighted by Crippen LogP contribution is 2.38. The molecule has 0 saturated heterocycles. The Balaban J connectivity index is 2.46. The Morgan fingerprint density at radius 1 is 1.00 bits per heavy atom. The van der Waals surface area contributed by atoms with E-state index >= 15 is 0 Å². The highest BCUT2D eigenvalue weighted by molar-refractivity contribution is 7.99. The minimum Gasteiger partial charge on any atom is -0.384 e. The van der Waals surface area contributed by atoms with Crippen LogP contribution >= 0.6 is 46.6 Å². The molecule has 0 aromatic heterocycles. The fraction of sp³-hybridized carbons (Fsp3) is 0. The minimum atomic E-state index is -0.0775. The van der Waals surface area contributed by atoms with E-state index < -0.39 is 0 Å². The van der Waals surface area contributed by atoms with Crippen LogP contribution in [-0.4, -0.2) is 5.84 Å². The van der Waals surface area contributed by atoms with Crippen molar-refractivity contribution in [2.45, 2.75) is 9.79 Å². The molecule has 0 bridgehead atoms. The molecular formula is C13H9Cl3N2S. The molecule has 0 saturated carbocycles. The Morgan fingerprint density at radius 3 is 2.42 bits per heavy atom. The molecule has 0 fully saturated rings. The van der Waals surface area contributed by atoms with E-state index in [1.165, 1.54) is 11.8 Å². The van der Waals surface area contributed by atoms with Crippen molar-refractivity contribution in [1.29, 1.82) is 5.41 Å². The van der Waals surface area contributed by atoms with Crippen LogP contribution in [0.5, 0.6) is 0 Å². The third kappa shape index (κ3) is 3.37. The summed E-state index contributed by atoms with van der Waals surface area (Å²) >= 11 is 19.5. The Hall–Kier alpha value is -0.870. The molecule has 0 spiro atoms. The molecule has 0 heterocycles. The standard InChI is InChI=1S/C13H9Cl3N2S/c14-7-4-5-8(15)11(6-7)19-10-3-1-2-9(16)12(10)13(17)18/h1-6H,(H3,17,18). The van der Waals surface area contributed by atoms with Crippen molar-refractivity contribution in [3.63, 3.8) is 0 Å². The van der Waals surface area contributed by atoms with Gasteiger partial charge in [0, 0.05) is 20.4 Å². The summed E-state index contributed by atoms with van der Waals surface area (Å²) in [6.07, 6.45) is 0. The first-order valence-electron chi connectivity index (χ1n) is 5.25. The van der Waals surface area contributed by atoms with E-state index in [4.69, 9.17) is 45.9 Å². The van der Waals surface area contributed by atoms with Crippen LogP contribution < -0.4 is 5.73 Å². The molecule has 0 unspecified atom stereocenters. The molecule has 0 amide bonds. The molecule has 0 aliphatic rings. The predicted molar refractivity (Wildman–Crippen MR) is 83.1 cm³/mol. The molecule has 2 rings (SSSR count). The van der Waals surface area contributed by atoms with Crippen molar-refractivity contribution in [3.05, 3.63) is 57.0 Å². The van der Waals surface area contributed by atoms with Gasteiger partial charge in [-0.3, -0.25) is 5.41 Å². The van der Waals surface area contributed by atoms with Crippen LogP contribution in [0.2, 0.25) is 15.1 Å². The van der Waals surface area contributed by atoms with Gasteiger partial charge in [0.2, 0.25) is 0 Å². The van der Waals surface area contributed by atoms with Gasteiger partial charge in [-0.05, 0) is 30.3 Å². The number of halogens is 3. The quantitative estimate of drug-likeness (QED) is 0.608. The van der Waals surface area contributed by atoms with Crippen molar-refractivity contribution < 1.29 is 0 Å².